The van der Waals surface area contributed by atoms with E-state index in [1.165, 1.54) is 0 Å². The van der Waals surface area contributed by atoms with Crippen LogP contribution in [0.4, 0.5) is 5.82 Å². The van der Waals surface area contributed by atoms with Gasteiger partial charge in [-0.05, 0) is 29.8 Å². The van der Waals surface area contributed by atoms with E-state index in [4.69, 9.17) is 17.3 Å². The third-order valence-corrected chi connectivity index (χ3v) is 3.68. The van der Waals surface area contributed by atoms with Gasteiger partial charge in [0.2, 0.25) is 11.2 Å². The van der Waals surface area contributed by atoms with Crippen molar-refractivity contribution in [3.05, 3.63) is 28.0 Å². The molecule has 19 heavy (non-hydrogen) atoms. The van der Waals surface area contributed by atoms with Gasteiger partial charge < -0.3 is 5.73 Å². The number of anilines is 1. The topological polar surface area (TPSA) is 72.1 Å². The van der Waals surface area contributed by atoms with Gasteiger partial charge in [0.05, 0.1) is 5.52 Å². The number of amides is 1. The van der Waals surface area contributed by atoms with E-state index < -0.39 is 0 Å². The number of carbonyl (C=O) groups is 1. The molecular formula is C12H10BrClN4O. The van der Waals surface area contributed by atoms with Crippen LogP contribution in [0.15, 0.2) is 22.7 Å². The Balaban J connectivity index is 2.22. The van der Waals surface area contributed by atoms with Crippen molar-refractivity contribution in [3.8, 4) is 0 Å². The van der Waals surface area contributed by atoms with Gasteiger partial charge in [-0.3, -0.25) is 9.69 Å². The molecule has 1 aliphatic rings. The molecule has 0 aliphatic carbocycles. The molecule has 1 atom stereocenters. The summed E-state index contributed by atoms with van der Waals surface area (Å²) in [7, 11) is 0. The van der Waals surface area contributed by atoms with Crippen LogP contribution < -0.4 is 10.6 Å². The number of carbonyl (C=O) groups excluding carboxylic acids is 1. The van der Waals surface area contributed by atoms with Crippen molar-refractivity contribution in [2.75, 3.05) is 11.4 Å². The van der Waals surface area contributed by atoms with Crippen molar-refractivity contribution < 1.29 is 4.79 Å². The monoisotopic (exact) mass is 340 g/mol. The first-order valence-corrected chi connectivity index (χ1v) is 6.90. The zero-order valence-electron chi connectivity index (χ0n) is 9.81. The summed E-state index contributed by atoms with van der Waals surface area (Å²) in [4.78, 5) is 21.9. The van der Waals surface area contributed by atoms with Crippen LogP contribution in [-0.2, 0) is 4.79 Å². The average molecular weight is 342 g/mol. The van der Waals surface area contributed by atoms with E-state index >= 15 is 0 Å². The summed E-state index contributed by atoms with van der Waals surface area (Å²) in [6.45, 7) is 0.452. The summed E-state index contributed by atoms with van der Waals surface area (Å²) in [5.74, 6) is 0.484. The molecular weight excluding hydrogens is 332 g/mol. The van der Waals surface area contributed by atoms with Gasteiger partial charge in [-0.1, -0.05) is 15.9 Å². The fourth-order valence-electron chi connectivity index (χ4n) is 2.20. The Bertz CT molecular complexity index is 678. The van der Waals surface area contributed by atoms with Crippen LogP contribution in [0.2, 0.25) is 5.28 Å². The SMILES string of the molecule is NC1CC(=O)N(c2nc(Cl)nc3ccc(Br)cc23)C1. The molecule has 2 N–H and O–H groups in total. The number of hydrogen-bond acceptors (Lipinski definition) is 4. The molecule has 5 nitrogen and oxygen atoms in total. The van der Waals surface area contributed by atoms with E-state index in [1.807, 2.05) is 18.2 Å². The normalized spacial score (nSPS) is 19.4. The second-order valence-corrected chi connectivity index (χ2v) is 5.70. The van der Waals surface area contributed by atoms with Gasteiger partial charge in [-0.25, -0.2) is 4.98 Å². The average Bonchev–Trinajstić information content (AvgIpc) is 2.68. The molecule has 2 heterocycles. The van der Waals surface area contributed by atoms with E-state index in [9.17, 15) is 4.79 Å². The number of hydrogen-bond donors (Lipinski definition) is 1. The van der Waals surface area contributed by atoms with Gasteiger partial charge >= 0.3 is 0 Å². The van der Waals surface area contributed by atoms with E-state index in [2.05, 4.69) is 25.9 Å². The standard InChI is InChI=1S/C12H10BrClN4O/c13-6-1-2-9-8(3-6)11(17-12(14)16-9)18-5-7(15)4-10(18)19/h1-3,7H,4-5,15H2. The number of nitrogens with zero attached hydrogens (tertiary/aromatic N) is 3. The molecule has 98 valence electrons. The predicted molar refractivity (Wildman–Crippen MR) is 77.2 cm³/mol. The third-order valence-electron chi connectivity index (χ3n) is 3.02. The van der Waals surface area contributed by atoms with Gasteiger partial charge in [0.15, 0.2) is 0 Å². The lowest BCUT2D eigenvalue weighted by Crippen LogP contribution is -2.29. The molecule has 0 radical (unpaired) electrons. The smallest absolute Gasteiger partial charge is 0.229 e. The summed E-state index contributed by atoms with van der Waals surface area (Å²) >= 11 is 9.33. The molecule has 0 bridgehead atoms. The number of nitrogens with two attached hydrogens (primary N) is 1. The lowest BCUT2D eigenvalue weighted by atomic mass is 10.2. The van der Waals surface area contributed by atoms with E-state index in [0.29, 0.717) is 24.3 Å². The van der Waals surface area contributed by atoms with Crippen molar-refractivity contribution in [2.24, 2.45) is 5.73 Å². The first kappa shape index (κ1) is 12.8. The minimum atomic E-state index is -0.163. The third kappa shape index (κ3) is 2.31. The quantitative estimate of drug-likeness (QED) is 0.806. The predicted octanol–water partition coefficient (Wildman–Crippen LogP) is 2.11. The molecule has 7 heteroatoms. The second-order valence-electron chi connectivity index (χ2n) is 4.45. The lowest BCUT2D eigenvalue weighted by Gasteiger charge is -2.17. The van der Waals surface area contributed by atoms with E-state index in [1.54, 1.807) is 4.90 Å². The van der Waals surface area contributed by atoms with Crippen molar-refractivity contribution in [1.82, 2.24) is 9.97 Å². The van der Waals surface area contributed by atoms with Gasteiger partial charge in [-0.2, -0.15) is 4.98 Å². The van der Waals surface area contributed by atoms with Gasteiger partial charge in [0, 0.05) is 28.9 Å². The summed E-state index contributed by atoms with van der Waals surface area (Å²) in [6.07, 6.45) is 0.330. The maximum absolute atomic E-state index is 12.0. The Morgan fingerprint density at radius 1 is 1.42 bits per heavy atom. The highest BCUT2D eigenvalue weighted by atomic mass is 79.9. The second kappa shape index (κ2) is 4.70. The Morgan fingerprint density at radius 2 is 2.21 bits per heavy atom. The Hall–Kier alpha value is -1.24. The summed E-state index contributed by atoms with van der Waals surface area (Å²) in [6, 6.07) is 5.41. The number of halogens is 2. The summed E-state index contributed by atoms with van der Waals surface area (Å²) in [5.41, 5.74) is 6.52. The van der Waals surface area contributed by atoms with Crippen LogP contribution >= 0.6 is 27.5 Å². The van der Waals surface area contributed by atoms with E-state index in [-0.39, 0.29) is 17.2 Å². The Morgan fingerprint density at radius 3 is 2.89 bits per heavy atom. The minimum absolute atomic E-state index is 0.0384. The number of fused-ring (bicyclic) bond motifs is 1. The molecule has 1 fully saturated rings. The van der Waals surface area contributed by atoms with Crippen LogP contribution in [0, 0.1) is 0 Å². The fourth-order valence-corrected chi connectivity index (χ4v) is 2.73. The van der Waals surface area contributed by atoms with Gasteiger partial charge in [0.1, 0.15) is 5.82 Å². The van der Waals surface area contributed by atoms with Crippen LogP contribution in [0.25, 0.3) is 10.9 Å². The zero-order valence-corrected chi connectivity index (χ0v) is 12.1. The number of aromatic nitrogens is 2. The van der Waals surface area contributed by atoms with Crippen LogP contribution in [0.1, 0.15) is 6.42 Å². The van der Waals surface area contributed by atoms with Crippen molar-refractivity contribution >= 4 is 50.2 Å². The molecule has 0 saturated carbocycles. The Kier molecular flexibility index (Phi) is 3.16. The molecule has 3 rings (SSSR count). The van der Waals surface area contributed by atoms with Crippen molar-refractivity contribution in [2.45, 2.75) is 12.5 Å². The van der Waals surface area contributed by atoms with Crippen molar-refractivity contribution in [1.29, 1.82) is 0 Å². The molecule has 0 spiro atoms. The molecule has 1 aromatic carbocycles. The first-order chi connectivity index (χ1) is 9.04. The van der Waals surface area contributed by atoms with Crippen LogP contribution in [0.3, 0.4) is 0 Å². The molecule has 1 unspecified atom stereocenters. The summed E-state index contributed by atoms with van der Waals surface area (Å²) in [5, 5.41) is 0.902. The van der Waals surface area contributed by atoms with Gasteiger partial charge in [-0.15, -0.1) is 0 Å². The first-order valence-electron chi connectivity index (χ1n) is 5.73. The largest absolute Gasteiger partial charge is 0.326 e. The lowest BCUT2D eigenvalue weighted by molar-refractivity contribution is -0.117. The van der Waals surface area contributed by atoms with Crippen LogP contribution in [-0.4, -0.2) is 28.5 Å². The van der Waals surface area contributed by atoms with E-state index in [0.717, 1.165) is 9.86 Å². The molecule has 2 aromatic rings. The highest BCUT2D eigenvalue weighted by Gasteiger charge is 2.30. The zero-order chi connectivity index (χ0) is 13.6. The maximum atomic E-state index is 12.0. The highest BCUT2D eigenvalue weighted by Crippen LogP contribution is 2.30. The number of rotatable bonds is 1. The fraction of sp³-hybridized carbons (Fsp3) is 0.250. The minimum Gasteiger partial charge on any atom is -0.326 e. The highest BCUT2D eigenvalue weighted by molar-refractivity contribution is 9.10. The Labute approximate surface area is 122 Å². The van der Waals surface area contributed by atoms with Crippen LogP contribution in [0.5, 0.6) is 0 Å². The molecule has 1 amide bonds. The van der Waals surface area contributed by atoms with Gasteiger partial charge in [0.25, 0.3) is 0 Å². The summed E-state index contributed by atoms with van der Waals surface area (Å²) < 4.78 is 0.892. The molecule has 1 aromatic heterocycles. The molecule has 1 aliphatic heterocycles. The maximum Gasteiger partial charge on any atom is 0.229 e. The molecule has 1 saturated heterocycles. The van der Waals surface area contributed by atoms with Crippen molar-refractivity contribution in [3.63, 3.8) is 0 Å². The number of benzene rings is 1.